The van der Waals surface area contributed by atoms with Gasteiger partial charge in [-0.15, -0.1) is 0 Å². The lowest BCUT2D eigenvalue weighted by molar-refractivity contribution is 0.244. The van der Waals surface area contributed by atoms with E-state index in [4.69, 9.17) is 4.74 Å². The molecule has 0 radical (unpaired) electrons. The molecule has 248 valence electrons. The van der Waals surface area contributed by atoms with Gasteiger partial charge in [-0.1, -0.05) is 76.2 Å². The maximum absolute atomic E-state index is 14.5. The van der Waals surface area contributed by atoms with Crippen LogP contribution in [0.25, 0.3) is 0 Å². The predicted molar refractivity (Wildman–Crippen MR) is 183 cm³/mol. The first-order valence-electron chi connectivity index (χ1n) is 16.5. The van der Waals surface area contributed by atoms with Crippen LogP contribution in [0.2, 0.25) is 0 Å². The maximum Gasteiger partial charge on any atom is 0.128 e. The van der Waals surface area contributed by atoms with Gasteiger partial charge in [0.1, 0.15) is 28.8 Å². The molecule has 1 saturated heterocycles. The van der Waals surface area contributed by atoms with Crippen LogP contribution in [0.1, 0.15) is 62.8 Å². The third-order valence-electron chi connectivity index (χ3n) is 10.4. The Morgan fingerprint density at radius 3 is 1.26 bits per heavy atom. The second kappa shape index (κ2) is 12.7. The Morgan fingerprint density at radius 1 is 0.574 bits per heavy atom. The summed E-state index contributed by atoms with van der Waals surface area (Å²) < 4.78 is 68.8. The Kier molecular flexibility index (Phi) is 9.06. The van der Waals surface area contributed by atoms with Crippen LogP contribution in [0.15, 0.2) is 102 Å². The fourth-order valence-electron chi connectivity index (χ4n) is 8.29. The van der Waals surface area contributed by atoms with Gasteiger partial charge in [0.05, 0.1) is 7.36 Å². The molecule has 0 aromatic heterocycles. The predicted octanol–water partition coefficient (Wildman–Crippen LogP) is 10.2. The first-order chi connectivity index (χ1) is 22.3. The van der Waals surface area contributed by atoms with Crippen molar-refractivity contribution in [2.45, 2.75) is 63.6 Å². The molecule has 0 aliphatic carbocycles. The summed E-state index contributed by atoms with van der Waals surface area (Å²) in [5.41, 5.74) is 2.07. The topological polar surface area (TPSA) is 18.8 Å². The Balaban J connectivity index is 1.71. The SMILES string of the molecule is CC(C)C[C@@H]1N(C)P2(=NC(c3ccc(F)cc3)(c3ccc(F)cc3)[C@H](CC(C)C)N2C)CC1(c1ccc(F)cc1)c1ccc(F)cc1. The van der Waals surface area contributed by atoms with Crippen molar-refractivity contribution in [1.82, 2.24) is 9.34 Å². The Morgan fingerprint density at radius 2 is 0.894 bits per heavy atom. The molecular weight excluding hydrogens is 617 g/mol. The van der Waals surface area contributed by atoms with E-state index in [2.05, 4.69) is 51.1 Å². The summed E-state index contributed by atoms with van der Waals surface area (Å²) in [6.45, 7) is 8.79. The molecule has 0 amide bonds. The molecule has 1 unspecified atom stereocenters. The Bertz CT molecular complexity index is 1660. The van der Waals surface area contributed by atoms with Crippen LogP contribution >= 0.6 is 7.36 Å². The van der Waals surface area contributed by atoms with Crippen molar-refractivity contribution in [3.05, 3.63) is 143 Å². The highest BCUT2D eigenvalue weighted by atomic mass is 31.2. The first kappa shape index (κ1) is 33.6. The molecule has 4 aromatic rings. The van der Waals surface area contributed by atoms with E-state index in [1.54, 1.807) is 0 Å². The van der Waals surface area contributed by atoms with E-state index in [0.29, 0.717) is 18.0 Å². The lowest BCUT2D eigenvalue weighted by Gasteiger charge is -2.40. The maximum atomic E-state index is 14.5. The van der Waals surface area contributed by atoms with Gasteiger partial charge in [-0.05, 0) is 110 Å². The van der Waals surface area contributed by atoms with Crippen molar-refractivity contribution in [3.63, 3.8) is 0 Å². The summed E-state index contributed by atoms with van der Waals surface area (Å²) in [6, 6.07) is 26.5. The summed E-state index contributed by atoms with van der Waals surface area (Å²) in [5, 5.41) is 0. The molecule has 3 nitrogen and oxygen atoms in total. The van der Waals surface area contributed by atoms with Crippen molar-refractivity contribution in [2.24, 2.45) is 16.6 Å². The van der Waals surface area contributed by atoms with Crippen LogP contribution in [0.5, 0.6) is 0 Å². The number of nitrogens with zero attached hydrogens (tertiary/aromatic N) is 3. The molecule has 0 saturated carbocycles. The molecule has 3 atom stereocenters. The third kappa shape index (κ3) is 5.58. The van der Waals surface area contributed by atoms with Crippen LogP contribution in [0.3, 0.4) is 0 Å². The minimum absolute atomic E-state index is 0.0603. The first-order valence-corrected chi connectivity index (χ1v) is 18.3. The molecular formula is C39H44F4N3P. The van der Waals surface area contributed by atoms with Crippen LogP contribution in [-0.4, -0.2) is 41.7 Å². The number of likely N-dealkylation sites (N-methyl/N-ethyl adjacent to an activating group) is 2. The zero-order chi connectivity index (χ0) is 33.7. The summed E-state index contributed by atoms with van der Waals surface area (Å²) in [5.74, 6) is -0.674. The summed E-state index contributed by atoms with van der Waals surface area (Å²) >= 11 is 0. The quantitative estimate of drug-likeness (QED) is 0.138. The molecule has 8 heteroatoms. The van der Waals surface area contributed by atoms with Crippen molar-refractivity contribution in [1.29, 1.82) is 0 Å². The normalized spacial score (nSPS) is 24.0. The van der Waals surface area contributed by atoms with E-state index in [1.807, 2.05) is 48.5 Å². The summed E-state index contributed by atoms with van der Waals surface area (Å²) in [7, 11) is 1.68. The van der Waals surface area contributed by atoms with Gasteiger partial charge in [0.2, 0.25) is 0 Å². The van der Waals surface area contributed by atoms with Crippen LogP contribution in [-0.2, 0) is 11.0 Å². The second-order valence-electron chi connectivity index (χ2n) is 14.2. The van der Waals surface area contributed by atoms with Crippen LogP contribution in [0.4, 0.5) is 17.6 Å². The number of halogens is 4. The van der Waals surface area contributed by atoms with Gasteiger partial charge < -0.3 is 0 Å². The molecule has 4 aromatic carbocycles. The third-order valence-corrected chi connectivity index (χ3v) is 14.6. The van der Waals surface area contributed by atoms with Gasteiger partial charge in [0.15, 0.2) is 0 Å². The zero-order valence-electron chi connectivity index (χ0n) is 28.0. The van der Waals surface area contributed by atoms with E-state index < -0.39 is 18.3 Å². The van der Waals surface area contributed by atoms with Gasteiger partial charge in [-0.2, -0.15) is 0 Å². The fourth-order valence-corrected chi connectivity index (χ4v) is 13.1. The molecule has 2 heterocycles. The second-order valence-corrected chi connectivity index (χ2v) is 17.3. The molecule has 1 spiro atoms. The molecule has 0 N–H and O–H groups in total. The molecule has 2 aliphatic rings. The largest absolute Gasteiger partial charge is 0.257 e. The smallest absolute Gasteiger partial charge is 0.128 e. The minimum atomic E-state index is -2.64. The zero-order valence-corrected chi connectivity index (χ0v) is 28.9. The highest BCUT2D eigenvalue weighted by Gasteiger charge is 2.64. The summed E-state index contributed by atoms with van der Waals surface area (Å²) in [6.07, 6.45) is 2.23. The number of benzene rings is 4. The lowest BCUT2D eigenvalue weighted by atomic mass is 9.68. The number of rotatable bonds is 8. The highest BCUT2D eigenvalue weighted by molar-refractivity contribution is 7.62. The van der Waals surface area contributed by atoms with E-state index in [0.717, 1.165) is 35.1 Å². The average molecular weight is 662 g/mol. The van der Waals surface area contributed by atoms with E-state index in [9.17, 15) is 17.6 Å². The van der Waals surface area contributed by atoms with Gasteiger partial charge in [-0.25, -0.2) is 17.6 Å². The van der Waals surface area contributed by atoms with Gasteiger partial charge in [0, 0.05) is 23.7 Å². The number of hydrogen-bond acceptors (Lipinski definition) is 3. The lowest BCUT2D eigenvalue weighted by Crippen LogP contribution is -2.45. The van der Waals surface area contributed by atoms with Crippen molar-refractivity contribution < 1.29 is 17.6 Å². The van der Waals surface area contributed by atoms with Gasteiger partial charge >= 0.3 is 0 Å². The molecule has 6 rings (SSSR count). The molecule has 47 heavy (non-hydrogen) atoms. The van der Waals surface area contributed by atoms with E-state index >= 15 is 0 Å². The molecule has 2 aliphatic heterocycles. The van der Waals surface area contributed by atoms with Crippen LogP contribution in [0, 0.1) is 35.1 Å². The highest BCUT2D eigenvalue weighted by Crippen LogP contribution is 2.75. The van der Waals surface area contributed by atoms with Gasteiger partial charge in [0.25, 0.3) is 0 Å². The minimum Gasteiger partial charge on any atom is -0.257 e. The van der Waals surface area contributed by atoms with Gasteiger partial charge in [-0.3, -0.25) is 14.1 Å². The monoisotopic (exact) mass is 661 g/mol. The van der Waals surface area contributed by atoms with Crippen LogP contribution < -0.4 is 0 Å². The van der Waals surface area contributed by atoms with Crippen molar-refractivity contribution >= 4 is 7.36 Å². The Hall–Kier alpha value is -3.25. The van der Waals surface area contributed by atoms with E-state index in [-0.39, 0.29) is 35.4 Å². The number of hydrogen-bond donors (Lipinski definition) is 0. The summed E-state index contributed by atoms with van der Waals surface area (Å²) in [4.78, 5) is 0. The van der Waals surface area contributed by atoms with E-state index in [1.165, 1.54) is 48.5 Å². The average Bonchev–Trinajstić information content (AvgIpc) is 3.42. The standard InChI is InChI=1S/C39H44F4N3P/c1-26(2)23-36-38(28-7-15-32(40)16-8-28,29-9-17-33(41)18-10-29)25-47(45(36)5)44-39(30-11-19-34(42)20-12-30,31-13-21-35(43)22-14-31)37(46(47)6)24-27(3)4/h7-22,26-27,36-37H,23-25H2,1-6H3/t36-,37-,47?/m0/s1. The van der Waals surface area contributed by atoms with Crippen molar-refractivity contribution in [3.8, 4) is 0 Å². The molecule has 0 bridgehead atoms. The molecule has 1 fully saturated rings. The van der Waals surface area contributed by atoms with Crippen molar-refractivity contribution in [2.75, 3.05) is 20.3 Å². The Labute approximate surface area is 276 Å². The fraction of sp³-hybridized carbons (Fsp3) is 0.385.